The van der Waals surface area contributed by atoms with Crippen LogP contribution in [0.3, 0.4) is 0 Å². The van der Waals surface area contributed by atoms with E-state index >= 15 is 0 Å². The highest BCUT2D eigenvalue weighted by Crippen LogP contribution is 2.44. The van der Waals surface area contributed by atoms with Gasteiger partial charge in [-0.1, -0.05) is 26.8 Å². The number of imide groups is 1. The number of cyclic esters (lactones) is 1. The molecule has 0 unspecified atom stereocenters. The van der Waals surface area contributed by atoms with E-state index in [4.69, 9.17) is 4.74 Å². The lowest BCUT2D eigenvalue weighted by Crippen LogP contribution is -2.44. The number of amides is 2. The largest absolute Gasteiger partial charge is 0.447 e. The normalized spacial score (nSPS) is 33.7. The van der Waals surface area contributed by atoms with Crippen molar-refractivity contribution in [3.8, 4) is 0 Å². The first-order valence-corrected chi connectivity index (χ1v) is 8.68. The molecular formula is C18H25NO4. The Morgan fingerprint density at radius 3 is 2.74 bits per heavy atom. The van der Waals surface area contributed by atoms with Crippen molar-refractivity contribution in [2.24, 2.45) is 23.7 Å². The van der Waals surface area contributed by atoms with Crippen molar-refractivity contribution in [2.75, 3.05) is 6.61 Å². The smallest absolute Gasteiger partial charge is 0.417 e. The van der Waals surface area contributed by atoms with E-state index in [-0.39, 0.29) is 48.0 Å². The molecule has 0 bridgehead atoms. The first kappa shape index (κ1) is 16.2. The molecule has 5 heteroatoms. The zero-order valence-corrected chi connectivity index (χ0v) is 14.1. The number of rotatable bonds is 3. The Bertz CT molecular complexity index is 565. The van der Waals surface area contributed by atoms with Gasteiger partial charge < -0.3 is 4.74 Å². The van der Waals surface area contributed by atoms with Crippen LogP contribution in [0.5, 0.6) is 0 Å². The molecule has 0 N–H and O–H groups in total. The zero-order valence-electron chi connectivity index (χ0n) is 14.1. The minimum absolute atomic E-state index is 0.0148. The Morgan fingerprint density at radius 1 is 1.35 bits per heavy atom. The Kier molecular flexibility index (Phi) is 4.30. The number of hydrogen-bond donors (Lipinski definition) is 0. The minimum Gasteiger partial charge on any atom is -0.447 e. The van der Waals surface area contributed by atoms with E-state index in [0.29, 0.717) is 12.0 Å². The Morgan fingerprint density at radius 2 is 2.09 bits per heavy atom. The highest BCUT2D eigenvalue weighted by atomic mass is 16.6. The van der Waals surface area contributed by atoms with Crippen LogP contribution in [0.4, 0.5) is 4.79 Å². The number of ether oxygens (including phenoxy) is 1. The van der Waals surface area contributed by atoms with Crippen LogP contribution in [0.2, 0.25) is 0 Å². The molecule has 2 fully saturated rings. The van der Waals surface area contributed by atoms with Gasteiger partial charge in [0.2, 0.25) is 0 Å². The average Bonchev–Trinajstić information content (AvgIpc) is 3.09. The van der Waals surface area contributed by atoms with Gasteiger partial charge in [0.05, 0.1) is 6.04 Å². The van der Waals surface area contributed by atoms with Crippen LogP contribution in [-0.4, -0.2) is 35.3 Å². The lowest BCUT2D eigenvalue weighted by Gasteiger charge is -2.32. The summed E-state index contributed by atoms with van der Waals surface area (Å²) >= 11 is 0. The molecule has 1 heterocycles. The number of Topliss-reactive ketones (excluding diaryl/α,β-unsaturated/α-hetero) is 1. The molecule has 0 radical (unpaired) electrons. The summed E-state index contributed by atoms with van der Waals surface area (Å²) < 4.78 is 5.11. The van der Waals surface area contributed by atoms with Gasteiger partial charge in [-0.15, -0.1) is 0 Å². The Hall–Kier alpha value is -1.65. The highest BCUT2D eigenvalue weighted by molar-refractivity contribution is 6.05. The summed E-state index contributed by atoms with van der Waals surface area (Å²) in [7, 11) is 0. The third-order valence-electron chi connectivity index (χ3n) is 5.64. The Balaban J connectivity index is 1.91. The van der Waals surface area contributed by atoms with Crippen molar-refractivity contribution < 1.29 is 19.1 Å². The van der Waals surface area contributed by atoms with E-state index in [1.54, 1.807) is 0 Å². The van der Waals surface area contributed by atoms with Gasteiger partial charge >= 0.3 is 6.09 Å². The van der Waals surface area contributed by atoms with Crippen LogP contribution in [0.25, 0.3) is 0 Å². The second kappa shape index (κ2) is 6.10. The fraction of sp³-hybridized carbons (Fsp3) is 0.722. The number of carbonyl (C=O) groups excluding carboxylic acids is 3. The summed E-state index contributed by atoms with van der Waals surface area (Å²) in [6, 6.07) is -0.214. The second-order valence-electron chi connectivity index (χ2n) is 7.31. The molecule has 4 atom stereocenters. The van der Waals surface area contributed by atoms with Gasteiger partial charge in [-0.05, 0) is 37.0 Å². The minimum atomic E-state index is -0.547. The van der Waals surface area contributed by atoms with Crippen molar-refractivity contribution in [1.82, 2.24) is 4.90 Å². The van der Waals surface area contributed by atoms with E-state index in [2.05, 4.69) is 6.92 Å². The molecule has 2 aliphatic carbocycles. The topological polar surface area (TPSA) is 63.7 Å². The summed E-state index contributed by atoms with van der Waals surface area (Å²) in [5, 5.41) is 0. The van der Waals surface area contributed by atoms with Crippen LogP contribution in [-0.2, 0) is 14.3 Å². The SMILES string of the molecule is CC[C@H]1C=C(C(=O)N2C(=O)OC[C@@H]2C(C)C)[C@H]2CCC(=O)[C@H]2C1. The standard InChI is InChI=1S/C18H25NO4/c1-4-11-7-13-12(5-6-16(13)20)14(8-11)17(21)19-15(10(2)3)9-23-18(19)22/h8,10-13,15H,4-7,9H2,1-3H3/t11-,12+,13+,15-/m1/s1. The maximum atomic E-state index is 13.1. The Labute approximate surface area is 137 Å². The van der Waals surface area contributed by atoms with E-state index in [1.807, 2.05) is 19.9 Å². The first-order valence-electron chi connectivity index (χ1n) is 8.68. The maximum absolute atomic E-state index is 13.1. The predicted octanol–water partition coefficient (Wildman–Crippen LogP) is 2.94. The van der Waals surface area contributed by atoms with Gasteiger partial charge in [-0.25, -0.2) is 9.69 Å². The third-order valence-corrected chi connectivity index (χ3v) is 5.64. The van der Waals surface area contributed by atoms with Gasteiger partial charge in [-0.3, -0.25) is 9.59 Å². The molecule has 0 aromatic carbocycles. The van der Waals surface area contributed by atoms with Gasteiger partial charge in [0.15, 0.2) is 0 Å². The van der Waals surface area contributed by atoms with Crippen LogP contribution in [0.1, 0.15) is 46.5 Å². The fourth-order valence-corrected chi connectivity index (χ4v) is 4.16. The molecule has 1 saturated heterocycles. The number of hydrogen-bond acceptors (Lipinski definition) is 4. The van der Waals surface area contributed by atoms with E-state index in [1.165, 1.54) is 4.90 Å². The summed E-state index contributed by atoms with van der Waals surface area (Å²) in [6.45, 7) is 6.31. The van der Waals surface area contributed by atoms with Gasteiger partial charge in [0, 0.05) is 17.9 Å². The lowest BCUT2D eigenvalue weighted by atomic mass is 9.74. The van der Waals surface area contributed by atoms with Crippen LogP contribution < -0.4 is 0 Å². The summed E-state index contributed by atoms with van der Waals surface area (Å²) in [5.74, 6) is 0.371. The van der Waals surface area contributed by atoms with Crippen LogP contribution >= 0.6 is 0 Å². The zero-order chi connectivity index (χ0) is 16.7. The highest BCUT2D eigenvalue weighted by Gasteiger charge is 2.47. The van der Waals surface area contributed by atoms with Crippen molar-refractivity contribution in [1.29, 1.82) is 0 Å². The number of allylic oxidation sites excluding steroid dienone is 1. The number of nitrogens with zero attached hydrogens (tertiary/aromatic N) is 1. The van der Waals surface area contributed by atoms with E-state index in [9.17, 15) is 14.4 Å². The van der Waals surface area contributed by atoms with Crippen molar-refractivity contribution in [2.45, 2.75) is 52.5 Å². The molecule has 1 aliphatic heterocycles. The summed E-state index contributed by atoms with van der Waals surface area (Å²) in [4.78, 5) is 38.6. The van der Waals surface area contributed by atoms with E-state index in [0.717, 1.165) is 19.3 Å². The maximum Gasteiger partial charge on any atom is 0.417 e. The molecule has 2 amide bonds. The molecule has 1 saturated carbocycles. The summed E-state index contributed by atoms with van der Waals surface area (Å²) in [6.07, 6.45) is 4.50. The van der Waals surface area contributed by atoms with Crippen LogP contribution in [0, 0.1) is 23.7 Å². The fourth-order valence-electron chi connectivity index (χ4n) is 4.16. The molecule has 3 rings (SSSR count). The summed E-state index contributed by atoms with van der Waals surface area (Å²) in [5.41, 5.74) is 0.670. The van der Waals surface area contributed by atoms with Crippen molar-refractivity contribution in [3.63, 3.8) is 0 Å². The van der Waals surface area contributed by atoms with E-state index < -0.39 is 6.09 Å². The number of carbonyl (C=O) groups is 3. The third kappa shape index (κ3) is 2.70. The molecular weight excluding hydrogens is 294 g/mol. The predicted molar refractivity (Wildman–Crippen MR) is 84.5 cm³/mol. The molecule has 0 aromatic heterocycles. The molecule has 5 nitrogen and oxygen atoms in total. The molecule has 3 aliphatic rings. The molecule has 0 aromatic rings. The molecule has 0 spiro atoms. The van der Waals surface area contributed by atoms with Crippen LogP contribution in [0.15, 0.2) is 11.6 Å². The average molecular weight is 319 g/mol. The quantitative estimate of drug-likeness (QED) is 0.802. The van der Waals surface area contributed by atoms with Gasteiger partial charge in [-0.2, -0.15) is 0 Å². The monoisotopic (exact) mass is 319 g/mol. The number of ketones is 1. The van der Waals surface area contributed by atoms with Crippen molar-refractivity contribution >= 4 is 17.8 Å². The lowest BCUT2D eigenvalue weighted by molar-refractivity contribution is -0.127. The molecule has 126 valence electrons. The van der Waals surface area contributed by atoms with Gasteiger partial charge in [0.1, 0.15) is 12.4 Å². The first-order chi connectivity index (χ1) is 10.9. The second-order valence-corrected chi connectivity index (χ2v) is 7.31. The van der Waals surface area contributed by atoms with Gasteiger partial charge in [0.25, 0.3) is 5.91 Å². The van der Waals surface area contributed by atoms with Crippen molar-refractivity contribution in [3.05, 3.63) is 11.6 Å². The molecule has 23 heavy (non-hydrogen) atoms. The number of fused-ring (bicyclic) bond motifs is 1.